The van der Waals surface area contributed by atoms with Crippen LogP contribution in [0.25, 0.3) is 0 Å². The fourth-order valence-corrected chi connectivity index (χ4v) is 3.76. The Kier molecular flexibility index (Phi) is 7.58. The Labute approximate surface area is 193 Å². The minimum Gasteiger partial charge on any atom is -0.488 e. The van der Waals surface area contributed by atoms with E-state index in [1.807, 2.05) is 30.3 Å². The smallest absolute Gasteiger partial charge is 0.410 e. The summed E-state index contributed by atoms with van der Waals surface area (Å²) in [5.41, 5.74) is 0.838. The first-order valence-electron chi connectivity index (χ1n) is 10.7. The molecule has 1 aliphatic rings. The molecule has 2 aromatic rings. The zero-order valence-corrected chi connectivity index (χ0v) is 19.3. The Morgan fingerprint density at radius 3 is 2.24 bits per heavy atom. The molecular formula is C25H29NO7. The first kappa shape index (κ1) is 24.1. The Bertz CT molecular complexity index is 972. The summed E-state index contributed by atoms with van der Waals surface area (Å²) in [5.74, 6) is -0.294. The maximum absolute atomic E-state index is 12.7. The summed E-state index contributed by atoms with van der Waals surface area (Å²) in [6.45, 7) is 3.85. The second-order valence-corrected chi connectivity index (χ2v) is 8.35. The quantitative estimate of drug-likeness (QED) is 0.466. The fourth-order valence-electron chi connectivity index (χ4n) is 3.76. The SMILES string of the molecule is COC(=O)[C@@H]1C[C@H](Oc2ccc(C(C)(C)C(=O)OC)cc2)CN1C(=O)OCc1ccccc1. The topological polar surface area (TPSA) is 91.4 Å². The number of amides is 1. The number of esters is 2. The minimum atomic E-state index is -0.796. The van der Waals surface area contributed by atoms with Crippen molar-refractivity contribution in [2.75, 3.05) is 20.8 Å². The normalized spacial score (nSPS) is 17.9. The number of carbonyl (C=O) groups is 3. The number of carbonyl (C=O) groups excluding carboxylic acids is 3. The Balaban J connectivity index is 1.66. The van der Waals surface area contributed by atoms with Crippen molar-refractivity contribution in [2.45, 2.75) is 44.4 Å². The molecule has 1 saturated heterocycles. The van der Waals surface area contributed by atoms with Crippen LogP contribution in [0.3, 0.4) is 0 Å². The lowest BCUT2D eigenvalue weighted by Gasteiger charge is -2.22. The highest BCUT2D eigenvalue weighted by Gasteiger charge is 2.42. The van der Waals surface area contributed by atoms with Crippen LogP contribution in [0.15, 0.2) is 54.6 Å². The van der Waals surface area contributed by atoms with Crippen LogP contribution in [-0.4, -0.2) is 55.8 Å². The minimum absolute atomic E-state index is 0.104. The van der Waals surface area contributed by atoms with Gasteiger partial charge in [-0.1, -0.05) is 42.5 Å². The number of hydrogen-bond donors (Lipinski definition) is 0. The molecule has 1 aliphatic heterocycles. The highest BCUT2D eigenvalue weighted by molar-refractivity contribution is 5.82. The molecule has 0 bridgehead atoms. The van der Waals surface area contributed by atoms with Gasteiger partial charge in [0.05, 0.1) is 26.2 Å². The lowest BCUT2D eigenvalue weighted by molar-refractivity contribution is -0.146. The van der Waals surface area contributed by atoms with Gasteiger partial charge in [0.1, 0.15) is 24.5 Å². The predicted molar refractivity (Wildman–Crippen MR) is 120 cm³/mol. The molecule has 2 aromatic carbocycles. The monoisotopic (exact) mass is 455 g/mol. The highest BCUT2D eigenvalue weighted by Crippen LogP contribution is 2.29. The van der Waals surface area contributed by atoms with E-state index in [9.17, 15) is 14.4 Å². The molecule has 0 radical (unpaired) electrons. The predicted octanol–water partition coefficient (Wildman–Crippen LogP) is 3.47. The molecule has 0 saturated carbocycles. The molecule has 0 spiro atoms. The van der Waals surface area contributed by atoms with E-state index in [1.54, 1.807) is 38.1 Å². The molecule has 1 fully saturated rings. The molecule has 2 atom stereocenters. The zero-order chi connectivity index (χ0) is 24.0. The van der Waals surface area contributed by atoms with E-state index in [4.69, 9.17) is 18.9 Å². The van der Waals surface area contributed by atoms with E-state index in [0.29, 0.717) is 5.75 Å². The van der Waals surface area contributed by atoms with Crippen LogP contribution in [0.4, 0.5) is 4.79 Å². The van der Waals surface area contributed by atoms with E-state index in [2.05, 4.69) is 0 Å². The van der Waals surface area contributed by atoms with E-state index < -0.39 is 29.6 Å². The van der Waals surface area contributed by atoms with Gasteiger partial charge in [0.15, 0.2) is 0 Å². The van der Waals surface area contributed by atoms with E-state index in [1.165, 1.54) is 19.1 Å². The number of ether oxygens (including phenoxy) is 4. The van der Waals surface area contributed by atoms with E-state index >= 15 is 0 Å². The number of methoxy groups -OCH3 is 2. The highest BCUT2D eigenvalue weighted by atomic mass is 16.6. The van der Waals surface area contributed by atoms with Gasteiger partial charge in [-0.15, -0.1) is 0 Å². The Hall–Kier alpha value is -3.55. The molecule has 3 rings (SSSR count). The maximum atomic E-state index is 12.7. The number of rotatable bonds is 7. The third-order valence-corrected chi connectivity index (χ3v) is 5.75. The Morgan fingerprint density at radius 1 is 0.970 bits per heavy atom. The molecular weight excluding hydrogens is 426 g/mol. The molecule has 176 valence electrons. The van der Waals surface area contributed by atoms with E-state index in [-0.39, 0.29) is 25.5 Å². The van der Waals surface area contributed by atoms with Crippen LogP contribution in [0.5, 0.6) is 5.75 Å². The first-order chi connectivity index (χ1) is 15.8. The van der Waals surface area contributed by atoms with Gasteiger partial charge in [-0.25, -0.2) is 9.59 Å². The second-order valence-electron chi connectivity index (χ2n) is 8.35. The summed E-state index contributed by atoms with van der Waals surface area (Å²) < 4.78 is 21.2. The number of benzene rings is 2. The van der Waals surface area contributed by atoms with Crippen molar-refractivity contribution in [1.29, 1.82) is 0 Å². The number of nitrogens with zero attached hydrogens (tertiary/aromatic N) is 1. The summed E-state index contributed by atoms with van der Waals surface area (Å²) >= 11 is 0. The lowest BCUT2D eigenvalue weighted by atomic mass is 9.85. The van der Waals surface area contributed by atoms with Crippen molar-refractivity contribution >= 4 is 18.0 Å². The molecule has 1 amide bonds. The summed E-state index contributed by atoms with van der Waals surface area (Å²) in [4.78, 5) is 38.3. The molecule has 8 heteroatoms. The third-order valence-electron chi connectivity index (χ3n) is 5.75. The van der Waals surface area contributed by atoms with Crippen LogP contribution >= 0.6 is 0 Å². The first-order valence-corrected chi connectivity index (χ1v) is 10.7. The number of hydrogen-bond acceptors (Lipinski definition) is 7. The van der Waals surface area contributed by atoms with E-state index in [0.717, 1.165) is 11.1 Å². The van der Waals surface area contributed by atoms with Gasteiger partial charge in [-0.2, -0.15) is 0 Å². The fraction of sp³-hybridized carbons (Fsp3) is 0.400. The average Bonchev–Trinajstić information content (AvgIpc) is 3.26. The van der Waals surface area contributed by atoms with Gasteiger partial charge in [0, 0.05) is 6.42 Å². The van der Waals surface area contributed by atoms with Crippen molar-refractivity contribution in [2.24, 2.45) is 0 Å². The molecule has 0 aromatic heterocycles. The largest absolute Gasteiger partial charge is 0.488 e. The molecule has 0 N–H and O–H groups in total. The zero-order valence-electron chi connectivity index (χ0n) is 19.3. The Morgan fingerprint density at radius 2 is 1.64 bits per heavy atom. The van der Waals surface area contributed by atoms with Crippen LogP contribution in [-0.2, 0) is 35.8 Å². The van der Waals surface area contributed by atoms with Crippen molar-refractivity contribution in [3.63, 3.8) is 0 Å². The van der Waals surface area contributed by atoms with Crippen molar-refractivity contribution in [1.82, 2.24) is 4.90 Å². The van der Waals surface area contributed by atoms with Gasteiger partial charge in [-0.3, -0.25) is 9.69 Å². The standard InChI is InChI=1S/C25H29NO7/c1-25(2,23(28)31-4)18-10-12-19(13-11-18)33-20-14-21(22(27)30-3)26(15-20)24(29)32-16-17-8-6-5-7-9-17/h5-13,20-21H,14-16H2,1-4H3/t20-,21-/m0/s1. The molecule has 8 nitrogen and oxygen atoms in total. The van der Waals surface area contributed by atoms with Crippen molar-refractivity contribution < 1.29 is 33.3 Å². The second kappa shape index (κ2) is 10.4. The van der Waals surface area contributed by atoms with Crippen LogP contribution in [0, 0.1) is 0 Å². The summed E-state index contributed by atoms with van der Waals surface area (Å²) in [6, 6.07) is 15.6. The van der Waals surface area contributed by atoms with Gasteiger partial charge in [0.2, 0.25) is 0 Å². The van der Waals surface area contributed by atoms with Gasteiger partial charge in [0.25, 0.3) is 0 Å². The maximum Gasteiger partial charge on any atom is 0.410 e. The van der Waals surface area contributed by atoms with Gasteiger partial charge < -0.3 is 18.9 Å². The van der Waals surface area contributed by atoms with Crippen LogP contribution in [0.2, 0.25) is 0 Å². The van der Waals surface area contributed by atoms with Gasteiger partial charge in [-0.05, 0) is 37.1 Å². The molecule has 0 unspecified atom stereocenters. The third kappa shape index (κ3) is 5.63. The van der Waals surface area contributed by atoms with Crippen molar-refractivity contribution in [3.05, 3.63) is 65.7 Å². The molecule has 1 heterocycles. The van der Waals surface area contributed by atoms with Gasteiger partial charge >= 0.3 is 18.0 Å². The summed E-state index contributed by atoms with van der Waals surface area (Å²) in [5, 5.41) is 0. The molecule has 33 heavy (non-hydrogen) atoms. The molecule has 0 aliphatic carbocycles. The van der Waals surface area contributed by atoms with Crippen LogP contribution < -0.4 is 4.74 Å². The summed E-state index contributed by atoms with van der Waals surface area (Å²) in [6.07, 6.45) is -0.740. The summed E-state index contributed by atoms with van der Waals surface area (Å²) in [7, 11) is 2.64. The van der Waals surface area contributed by atoms with Crippen molar-refractivity contribution in [3.8, 4) is 5.75 Å². The van der Waals surface area contributed by atoms with Crippen LogP contribution in [0.1, 0.15) is 31.4 Å². The average molecular weight is 456 g/mol. The lowest BCUT2D eigenvalue weighted by Crippen LogP contribution is -2.41. The number of likely N-dealkylation sites (tertiary alicyclic amines) is 1.